The van der Waals surface area contributed by atoms with Gasteiger partial charge in [-0.15, -0.1) is 0 Å². The average molecular weight is 224 g/mol. The molecule has 3 atom stereocenters. The van der Waals surface area contributed by atoms with Crippen LogP contribution in [0.25, 0.3) is 0 Å². The van der Waals surface area contributed by atoms with Gasteiger partial charge in [-0.3, -0.25) is 4.90 Å². The molecule has 1 aliphatic heterocycles. The monoisotopic (exact) mass is 224 g/mol. The van der Waals surface area contributed by atoms with E-state index in [1.54, 1.807) is 0 Å². The van der Waals surface area contributed by atoms with Crippen molar-refractivity contribution in [1.29, 1.82) is 0 Å². The Labute approximate surface area is 101 Å². The van der Waals surface area contributed by atoms with Crippen molar-refractivity contribution >= 4 is 0 Å². The summed E-state index contributed by atoms with van der Waals surface area (Å²) in [5, 5.41) is 0. The molecule has 94 valence electrons. The first-order valence-electron chi connectivity index (χ1n) is 7.18. The molecular formula is C14H28N2. The first-order valence-corrected chi connectivity index (χ1v) is 7.18. The Morgan fingerprint density at radius 3 is 2.56 bits per heavy atom. The number of piperidine rings is 1. The molecule has 1 saturated carbocycles. The molecule has 0 spiro atoms. The number of nitrogens with zero attached hydrogens (tertiary/aromatic N) is 1. The maximum Gasteiger partial charge on any atom is 0.0304 e. The van der Waals surface area contributed by atoms with Gasteiger partial charge in [0.25, 0.3) is 0 Å². The van der Waals surface area contributed by atoms with E-state index in [1.165, 1.54) is 51.5 Å². The van der Waals surface area contributed by atoms with Gasteiger partial charge in [-0.1, -0.05) is 19.8 Å². The Bertz CT molecular complexity index is 221. The molecule has 0 aromatic rings. The summed E-state index contributed by atoms with van der Waals surface area (Å²) in [4.78, 5) is 2.76. The molecule has 2 rings (SSSR count). The summed E-state index contributed by atoms with van der Waals surface area (Å²) in [6.45, 7) is 6.75. The number of likely N-dealkylation sites (tertiary alicyclic amines) is 1. The van der Waals surface area contributed by atoms with Crippen molar-refractivity contribution in [3.63, 3.8) is 0 Å². The van der Waals surface area contributed by atoms with E-state index >= 15 is 0 Å². The van der Waals surface area contributed by atoms with Gasteiger partial charge in [-0.2, -0.15) is 0 Å². The Morgan fingerprint density at radius 1 is 1.19 bits per heavy atom. The van der Waals surface area contributed by atoms with Crippen LogP contribution in [0.2, 0.25) is 0 Å². The Kier molecular flexibility index (Phi) is 3.91. The van der Waals surface area contributed by atoms with Gasteiger partial charge < -0.3 is 5.73 Å². The number of fused-ring (bicyclic) bond motifs is 1. The van der Waals surface area contributed by atoms with Gasteiger partial charge in [0.1, 0.15) is 0 Å². The quantitative estimate of drug-likeness (QED) is 0.798. The zero-order chi connectivity index (χ0) is 11.6. The second-order valence-electron chi connectivity index (χ2n) is 6.00. The summed E-state index contributed by atoms with van der Waals surface area (Å²) in [5.41, 5.74) is 6.28. The molecule has 2 nitrogen and oxygen atoms in total. The molecule has 2 N–H and O–H groups in total. The SMILES string of the molecule is CCC(C)(CN)N1CCC[C@H]2CCCC[C@H]21. The molecule has 1 aliphatic carbocycles. The average Bonchev–Trinajstić information content (AvgIpc) is 2.37. The van der Waals surface area contributed by atoms with Crippen molar-refractivity contribution in [3.8, 4) is 0 Å². The molecular weight excluding hydrogens is 196 g/mol. The van der Waals surface area contributed by atoms with Crippen LogP contribution >= 0.6 is 0 Å². The van der Waals surface area contributed by atoms with Crippen LogP contribution in [0.3, 0.4) is 0 Å². The summed E-state index contributed by atoms with van der Waals surface area (Å²) in [6.07, 6.45) is 9.81. The first kappa shape index (κ1) is 12.4. The minimum absolute atomic E-state index is 0.251. The lowest BCUT2D eigenvalue weighted by molar-refractivity contribution is -0.0190. The van der Waals surface area contributed by atoms with E-state index in [4.69, 9.17) is 5.73 Å². The lowest BCUT2D eigenvalue weighted by atomic mass is 9.76. The fourth-order valence-corrected chi connectivity index (χ4v) is 3.76. The van der Waals surface area contributed by atoms with Crippen LogP contribution in [0.15, 0.2) is 0 Å². The molecule has 2 fully saturated rings. The number of hydrogen-bond donors (Lipinski definition) is 1. The van der Waals surface area contributed by atoms with E-state index in [-0.39, 0.29) is 5.54 Å². The molecule has 1 heterocycles. The van der Waals surface area contributed by atoms with Crippen LogP contribution in [0.5, 0.6) is 0 Å². The van der Waals surface area contributed by atoms with Gasteiger partial charge in [0, 0.05) is 18.1 Å². The molecule has 2 aliphatic rings. The zero-order valence-corrected chi connectivity index (χ0v) is 11.0. The van der Waals surface area contributed by atoms with Crippen LogP contribution in [-0.4, -0.2) is 29.6 Å². The summed E-state index contributed by atoms with van der Waals surface area (Å²) >= 11 is 0. The third-order valence-electron chi connectivity index (χ3n) is 5.14. The van der Waals surface area contributed by atoms with Crippen LogP contribution in [-0.2, 0) is 0 Å². The van der Waals surface area contributed by atoms with Crippen molar-refractivity contribution in [1.82, 2.24) is 4.90 Å². The molecule has 2 heteroatoms. The van der Waals surface area contributed by atoms with Gasteiger partial charge in [-0.05, 0) is 51.5 Å². The second kappa shape index (κ2) is 5.05. The molecule has 16 heavy (non-hydrogen) atoms. The van der Waals surface area contributed by atoms with Gasteiger partial charge in [0.2, 0.25) is 0 Å². The van der Waals surface area contributed by atoms with E-state index in [9.17, 15) is 0 Å². The fraction of sp³-hybridized carbons (Fsp3) is 1.00. The van der Waals surface area contributed by atoms with Crippen molar-refractivity contribution in [3.05, 3.63) is 0 Å². The number of rotatable bonds is 3. The highest BCUT2D eigenvalue weighted by molar-refractivity contribution is 4.96. The number of nitrogens with two attached hydrogens (primary N) is 1. The van der Waals surface area contributed by atoms with Crippen LogP contribution in [0.1, 0.15) is 58.8 Å². The minimum atomic E-state index is 0.251. The maximum atomic E-state index is 6.03. The van der Waals surface area contributed by atoms with E-state index in [1.807, 2.05) is 0 Å². The molecule has 0 aromatic heterocycles. The molecule has 0 amide bonds. The number of hydrogen-bond acceptors (Lipinski definition) is 2. The van der Waals surface area contributed by atoms with Crippen molar-refractivity contribution in [2.24, 2.45) is 11.7 Å². The predicted molar refractivity (Wildman–Crippen MR) is 69.4 cm³/mol. The lowest BCUT2D eigenvalue weighted by Gasteiger charge is -2.52. The first-order chi connectivity index (χ1) is 7.71. The Hall–Kier alpha value is -0.0800. The Balaban J connectivity index is 2.12. The van der Waals surface area contributed by atoms with E-state index < -0.39 is 0 Å². The minimum Gasteiger partial charge on any atom is -0.329 e. The maximum absolute atomic E-state index is 6.03. The normalized spacial score (nSPS) is 35.4. The van der Waals surface area contributed by atoms with Gasteiger partial charge in [0.05, 0.1) is 0 Å². The molecule has 0 radical (unpaired) electrons. The highest BCUT2D eigenvalue weighted by Gasteiger charge is 2.40. The third kappa shape index (κ3) is 2.14. The summed E-state index contributed by atoms with van der Waals surface area (Å²) in [7, 11) is 0. The van der Waals surface area contributed by atoms with E-state index in [0.717, 1.165) is 18.5 Å². The standard InChI is InChI=1S/C14H28N2/c1-3-14(2,11-15)16-10-6-8-12-7-4-5-9-13(12)16/h12-13H,3-11,15H2,1-2H3/t12-,13-,14?/m1/s1. The summed E-state index contributed by atoms with van der Waals surface area (Å²) in [6, 6.07) is 0.844. The topological polar surface area (TPSA) is 29.3 Å². The van der Waals surface area contributed by atoms with E-state index in [0.29, 0.717) is 0 Å². The van der Waals surface area contributed by atoms with E-state index in [2.05, 4.69) is 18.7 Å². The summed E-state index contributed by atoms with van der Waals surface area (Å²) in [5.74, 6) is 0.972. The van der Waals surface area contributed by atoms with Crippen molar-refractivity contribution < 1.29 is 0 Å². The largest absolute Gasteiger partial charge is 0.329 e. The van der Waals surface area contributed by atoms with Crippen molar-refractivity contribution in [2.45, 2.75) is 70.4 Å². The smallest absolute Gasteiger partial charge is 0.0304 e. The molecule has 0 aromatic carbocycles. The van der Waals surface area contributed by atoms with Crippen LogP contribution < -0.4 is 5.73 Å². The van der Waals surface area contributed by atoms with Gasteiger partial charge >= 0.3 is 0 Å². The fourth-order valence-electron chi connectivity index (χ4n) is 3.76. The lowest BCUT2D eigenvalue weighted by Crippen LogP contribution is -2.60. The Morgan fingerprint density at radius 2 is 1.88 bits per heavy atom. The highest BCUT2D eigenvalue weighted by atomic mass is 15.2. The predicted octanol–water partition coefficient (Wildman–Crippen LogP) is 2.77. The highest BCUT2D eigenvalue weighted by Crippen LogP contribution is 2.39. The zero-order valence-electron chi connectivity index (χ0n) is 11.0. The summed E-state index contributed by atoms with van der Waals surface area (Å²) < 4.78 is 0. The molecule has 1 saturated heterocycles. The van der Waals surface area contributed by atoms with Crippen molar-refractivity contribution in [2.75, 3.05) is 13.1 Å². The second-order valence-corrected chi connectivity index (χ2v) is 6.00. The van der Waals surface area contributed by atoms with Gasteiger partial charge in [-0.25, -0.2) is 0 Å². The van der Waals surface area contributed by atoms with Crippen LogP contribution in [0.4, 0.5) is 0 Å². The van der Waals surface area contributed by atoms with Gasteiger partial charge in [0.15, 0.2) is 0 Å². The molecule has 1 unspecified atom stereocenters. The van der Waals surface area contributed by atoms with Crippen LogP contribution in [0, 0.1) is 5.92 Å². The third-order valence-corrected chi connectivity index (χ3v) is 5.14. The molecule has 0 bridgehead atoms.